The van der Waals surface area contributed by atoms with Crippen molar-refractivity contribution in [2.45, 2.75) is 13.0 Å². The fourth-order valence-electron chi connectivity index (χ4n) is 3.83. The van der Waals surface area contributed by atoms with E-state index in [0.717, 1.165) is 70.0 Å². The molecule has 2 aromatic rings. The molecule has 1 amide bonds. The molecule has 2 aliphatic heterocycles. The Bertz CT molecular complexity index is 708. The van der Waals surface area contributed by atoms with E-state index >= 15 is 0 Å². The minimum Gasteiger partial charge on any atom is -0.379 e. The molecule has 6 nitrogen and oxygen atoms in total. The Morgan fingerprint density at radius 2 is 1.96 bits per heavy atom. The summed E-state index contributed by atoms with van der Waals surface area (Å²) in [6, 6.07) is 9.85. The first-order chi connectivity index (χ1) is 12.8. The summed E-state index contributed by atoms with van der Waals surface area (Å²) >= 11 is 0. The van der Waals surface area contributed by atoms with E-state index in [2.05, 4.69) is 10.00 Å². The highest BCUT2D eigenvalue weighted by Crippen LogP contribution is 2.20. The third-order valence-electron chi connectivity index (χ3n) is 5.30. The molecule has 0 N–H and O–H groups in total. The Labute approximate surface area is 154 Å². The topological polar surface area (TPSA) is 50.6 Å². The number of amides is 1. The number of carbonyl (C=O) groups is 1. The Balaban J connectivity index is 1.31. The van der Waals surface area contributed by atoms with Crippen molar-refractivity contribution < 1.29 is 9.53 Å². The molecule has 138 valence electrons. The molecule has 26 heavy (non-hydrogen) atoms. The number of likely N-dealkylation sites (tertiary alicyclic amines) is 1. The van der Waals surface area contributed by atoms with Crippen LogP contribution >= 0.6 is 0 Å². The maximum atomic E-state index is 12.8. The van der Waals surface area contributed by atoms with Crippen LogP contribution in [-0.2, 0) is 11.3 Å². The van der Waals surface area contributed by atoms with Crippen LogP contribution in [0.25, 0.3) is 0 Å². The lowest BCUT2D eigenvalue weighted by atomic mass is 10.1. The van der Waals surface area contributed by atoms with Gasteiger partial charge in [0.1, 0.15) is 0 Å². The number of hydrogen-bond acceptors (Lipinski definition) is 4. The largest absolute Gasteiger partial charge is 0.379 e. The molecule has 0 aliphatic carbocycles. The average molecular weight is 354 g/mol. The summed E-state index contributed by atoms with van der Waals surface area (Å²) in [4.78, 5) is 17.3. The van der Waals surface area contributed by atoms with Gasteiger partial charge < -0.3 is 9.64 Å². The van der Waals surface area contributed by atoms with Crippen LogP contribution in [0.1, 0.15) is 22.3 Å². The van der Waals surface area contributed by atoms with Crippen LogP contribution in [0.15, 0.2) is 42.7 Å². The number of aromatic nitrogens is 2. The van der Waals surface area contributed by atoms with Gasteiger partial charge in [-0.05, 0) is 36.1 Å². The van der Waals surface area contributed by atoms with Crippen LogP contribution in [-0.4, -0.2) is 71.4 Å². The van der Waals surface area contributed by atoms with Crippen molar-refractivity contribution in [3.05, 3.63) is 53.9 Å². The van der Waals surface area contributed by atoms with E-state index < -0.39 is 0 Å². The van der Waals surface area contributed by atoms with Crippen LogP contribution in [0.2, 0.25) is 0 Å². The molecular weight excluding hydrogens is 328 g/mol. The molecule has 3 heterocycles. The van der Waals surface area contributed by atoms with Gasteiger partial charge in [0.2, 0.25) is 0 Å². The van der Waals surface area contributed by atoms with Gasteiger partial charge in [-0.1, -0.05) is 12.1 Å². The maximum Gasteiger partial charge on any atom is 0.253 e. The van der Waals surface area contributed by atoms with Crippen LogP contribution in [0.5, 0.6) is 0 Å². The molecule has 1 aromatic carbocycles. The number of benzene rings is 1. The third kappa shape index (κ3) is 4.14. The summed E-state index contributed by atoms with van der Waals surface area (Å²) in [7, 11) is 0. The summed E-state index contributed by atoms with van der Waals surface area (Å²) in [6.45, 7) is 7.24. The first-order valence-corrected chi connectivity index (χ1v) is 9.44. The average Bonchev–Trinajstić information content (AvgIpc) is 3.35. The van der Waals surface area contributed by atoms with Crippen molar-refractivity contribution >= 4 is 5.91 Å². The predicted octanol–water partition coefficient (Wildman–Crippen LogP) is 1.73. The predicted molar refractivity (Wildman–Crippen MR) is 99.0 cm³/mol. The molecule has 2 saturated heterocycles. The van der Waals surface area contributed by atoms with Gasteiger partial charge in [-0.3, -0.25) is 14.4 Å². The van der Waals surface area contributed by atoms with Crippen molar-refractivity contribution in [2.75, 3.05) is 45.9 Å². The van der Waals surface area contributed by atoms with E-state index in [9.17, 15) is 4.79 Å². The Kier molecular flexibility index (Phi) is 5.32. The second-order valence-corrected chi connectivity index (χ2v) is 7.22. The fraction of sp³-hybridized carbons (Fsp3) is 0.500. The van der Waals surface area contributed by atoms with Gasteiger partial charge in [-0.25, -0.2) is 0 Å². The number of morpholine rings is 1. The van der Waals surface area contributed by atoms with Crippen LogP contribution in [0, 0.1) is 5.92 Å². The first-order valence-electron chi connectivity index (χ1n) is 9.44. The highest BCUT2D eigenvalue weighted by atomic mass is 16.5. The second-order valence-electron chi connectivity index (χ2n) is 7.22. The first kappa shape index (κ1) is 17.2. The number of hydrogen-bond donors (Lipinski definition) is 0. The SMILES string of the molecule is O=C(c1ccc(Cn2cccn2)cc1)N1CCC(CN2CCOCC2)C1. The number of nitrogens with zero attached hydrogens (tertiary/aromatic N) is 4. The van der Waals surface area contributed by atoms with E-state index in [1.54, 1.807) is 6.20 Å². The molecule has 1 aromatic heterocycles. The second kappa shape index (κ2) is 8.01. The highest BCUT2D eigenvalue weighted by molar-refractivity contribution is 5.94. The standard InChI is InChI=1S/C20H26N4O2/c25-20(19-4-2-17(3-5-19)16-24-8-1-7-21-24)23-9-6-18(15-23)14-22-10-12-26-13-11-22/h1-5,7-8,18H,6,9-16H2. The van der Waals surface area contributed by atoms with E-state index in [-0.39, 0.29) is 5.91 Å². The molecule has 0 spiro atoms. The summed E-state index contributed by atoms with van der Waals surface area (Å²) in [5, 5.41) is 4.22. The molecule has 4 rings (SSSR count). The lowest BCUT2D eigenvalue weighted by molar-refractivity contribution is 0.0310. The van der Waals surface area contributed by atoms with Gasteiger partial charge in [0, 0.05) is 50.7 Å². The monoisotopic (exact) mass is 354 g/mol. The van der Waals surface area contributed by atoms with Gasteiger partial charge in [-0.15, -0.1) is 0 Å². The molecule has 0 bridgehead atoms. The molecule has 1 unspecified atom stereocenters. The van der Waals surface area contributed by atoms with E-state index in [0.29, 0.717) is 5.92 Å². The van der Waals surface area contributed by atoms with Crippen LogP contribution in [0.4, 0.5) is 0 Å². The number of rotatable bonds is 5. The molecule has 2 fully saturated rings. The molecule has 1 atom stereocenters. The molecule has 0 saturated carbocycles. The van der Waals surface area contributed by atoms with E-state index in [1.807, 2.05) is 46.1 Å². The molecule has 2 aliphatic rings. The fourth-order valence-corrected chi connectivity index (χ4v) is 3.83. The van der Waals surface area contributed by atoms with Crippen molar-refractivity contribution in [3.8, 4) is 0 Å². The zero-order valence-corrected chi connectivity index (χ0v) is 15.1. The Morgan fingerprint density at radius 1 is 1.15 bits per heavy atom. The zero-order chi connectivity index (χ0) is 17.8. The normalized spacial score (nSPS) is 21.2. The summed E-state index contributed by atoms with van der Waals surface area (Å²) in [5.41, 5.74) is 1.93. The van der Waals surface area contributed by atoms with Crippen molar-refractivity contribution in [2.24, 2.45) is 5.92 Å². The smallest absolute Gasteiger partial charge is 0.253 e. The Morgan fingerprint density at radius 3 is 2.69 bits per heavy atom. The summed E-state index contributed by atoms with van der Waals surface area (Å²) in [6.07, 6.45) is 4.82. The zero-order valence-electron chi connectivity index (χ0n) is 15.1. The van der Waals surface area contributed by atoms with Crippen molar-refractivity contribution in [1.29, 1.82) is 0 Å². The molecular formula is C20H26N4O2. The van der Waals surface area contributed by atoms with E-state index in [1.165, 1.54) is 0 Å². The molecule has 0 radical (unpaired) electrons. The maximum absolute atomic E-state index is 12.8. The minimum absolute atomic E-state index is 0.153. The highest BCUT2D eigenvalue weighted by Gasteiger charge is 2.28. The van der Waals surface area contributed by atoms with Gasteiger partial charge in [0.25, 0.3) is 5.91 Å². The summed E-state index contributed by atoms with van der Waals surface area (Å²) < 4.78 is 7.29. The van der Waals surface area contributed by atoms with Gasteiger partial charge in [-0.2, -0.15) is 5.10 Å². The quantitative estimate of drug-likeness (QED) is 0.821. The van der Waals surface area contributed by atoms with E-state index in [4.69, 9.17) is 4.74 Å². The number of carbonyl (C=O) groups excluding carboxylic acids is 1. The Hall–Kier alpha value is -2.18. The van der Waals surface area contributed by atoms with Gasteiger partial charge in [0.15, 0.2) is 0 Å². The van der Waals surface area contributed by atoms with Crippen molar-refractivity contribution in [3.63, 3.8) is 0 Å². The third-order valence-corrected chi connectivity index (χ3v) is 5.30. The van der Waals surface area contributed by atoms with Gasteiger partial charge >= 0.3 is 0 Å². The summed E-state index contributed by atoms with van der Waals surface area (Å²) in [5.74, 6) is 0.733. The van der Waals surface area contributed by atoms with Crippen LogP contribution in [0.3, 0.4) is 0 Å². The van der Waals surface area contributed by atoms with Gasteiger partial charge in [0.05, 0.1) is 19.8 Å². The van der Waals surface area contributed by atoms with Crippen molar-refractivity contribution in [1.82, 2.24) is 19.6 Å². The lowest BCUT2D eigenvalue weighted by Crippen LogP contribution is -2.40. The molecule has 6 heteroatoms. The minimum atomic E-state index is 0.153. The number of ether oxygens (including phenoxy) is 1. The lowest BCUT2D eigenvalue weighted by Gasteiger charge is -2.29. The van der Waals surface area contributed by atoms with Crippen LogP contribution < -0.4 is 0 Å².